The van der Waals surface area contributed by atoms with Gasteiger partial charge in [0.1, 0.15) is 6.10 Å². The number of nitrogens with two attached hydrogens (primary N) is 1. The number of nitrogens with zero attached hydrogens (tertiary/aromatic N) is 1. The minimum absolute atomic E-state index is 0.140. The molecule has 0 unspecified atom stereocenters. The fourth-order valence-corrected chi connectivity index (χ4v) is 3.84. The molecule has 1 saturated heterocycles. The Hall–Kier alpha value is -0.610. The van der Waals surface area contributed by atoms with Gasteiger partial charge in [-0.15, -0.1) is 0 Å². The van der Waals surface area contributed by atoms with E-state index >= 15 is 0 Å². The molecule has 1 saturated carbocycles. The van der Waals surface area contributed by atoms with Gasteiger partial charge >= 0.3 is 0 Å². The second-order valence-corrected chi connectivity index (χ2v) is 6.85. The highest BCUT2D eigenvalue weighted by Crippen LogP contribution is 2.25. The SMILES string of the molecule is C[C@H](OC1CCCCCC1)C(=O)N1CCC[C@@H](C)[C@H]1CN. The first-order valence-electron chi connectivity index (χ1n) is 8.79. The molecule has 3 atom stereocenters. The molecule has 0 radical (unpaired) electrons. The molecule has 4 nitrogen and oxygen atoms in total. The number of hydrogen-bond acceptors (Lipinski definition) is 3. The van der Waals surface area contributed by atoms with Crippen LogP contribution < -0.4 is 5.73 Å². The van der Waals surface area contributed by atoms with E-state index in [9.17, 15) is 4.79 Å². The van der Waals surface area contributed by atoms with Crippen molar-refractivity contribution in [3.8, 4) is 0 Å². The summed E-state index contributed by atoms with van der Waals surface area (Å²) in [7, 11) is 0. The van der Waals surface area contributed by atoms with Crippen LogP contribution in [0.15, 0.2) is 0 Å². The minimum atomic E-state index is -0.326. The van der Waals surface area contributed by atoms with Crippen LogP contribution >= 0.6 is 0 Å². The van der Waals surface area contributed by atoms with Crippen LogP contribution in [0.5, 0.6) is 0 Å². The third-order valence-corrected chi connectivity index (χ3v) is 5.19. The minimum Gasteiger partial charge on any atom is -0.365 e. The van der Waals surface area contributed by atoms with Gasteiger partial charge in [-0.2, -0.15) is 0 Å². The summed E-state index contributed by atoms with van der Waals surface area (Å²) in [5.74, 6) is 0.638. The summed E-state index contributed by atoms with van der Waals surface area (Å²) in [6.45, 7) is 5.51. The maximum absolute atomic E-state index is 12.7. The van der Waals surface area contributed by atoms with Crippen LogP contribution in [0.25, 0.3) is 0 Å². The van der Waals surface area contributed by atoms with Crippen LogP contribution in [-0.4, -0.2) is 42.1 Å². The summed E-state index contributed by atoms with van der Waals surface area (Å²) in [4.78, 5) is 14.7. The number of hydrogen-bond donors (Lipinski definition) is 1. The number of carbonyl (C=O) groups is 1. The van der Waals surface area contributed by atoms with Gasteiger partial charge in [-0.05, 0) is 38.5 Å². The zero-order valence-electron chi connectivity index (χ0n) is 13.7. The number of piperidine rings is 1. The highest BCUT2D eigenvalue weighted by Gasteiger charge is 2.34. The van der Waals surface area contributed by atoms with Crippen molar-refractivity contribution in [3.05, 3.63) is 0 Å². The van der Waals surface area contributed by atoms with Gasteiger partial charge in [0, 0.05) is 19.1 Å². The van der Waals surface area contributed by atoms with Crippen molar-refractivity contribution >= 4 is 5.91 Å². The van der Waals surface area contributed by atoms with E-state index in [1.54, 1.807) is 0 Å². The van der Waals surface area contributed by atoms with Crippen molar-refractivity contribution in [1.82, 2.24) is 4.90 Å². The fraction of sp³-hybridized carbons (Fsp3) is 0.941. The normalized spacial score (nSPS) is 30.0. The lowest BCUT2D eigenvalue weighted by molar-refractivity contribution is -0.151. The van der Waals surface area contributed by atoms with Crippen LogP contribution in [0.2, 0.25) is 0 Å². The first-order chi connectivity index (χ1) is 10.1. The lowest BCUT2D eigenvalue weighted by Gasteiger charge is -2.40. The van der Waals surface area contributed by atoms with Gasteiger partial charge in [-0.25, -0.2) is 0 Å². The molecule has 122 valence electrons. The topological polar surface area (TPSA) is 55.6 Å². The third-order valence-electron chi connectivity index (χ3n) is 5.19. The zero-order valence-corrected chi connectivity index (χ0v) is 13.7. The molecule has 2 aliphatic rings. The largest absolute Gasteiger partial charge is 0.365 e. The van der Waals surface area contributed by atoms with Gasteiger partial charge in [0.15, 0.2) is 0 Å². The molecular weight excluding hydrogens is 264 g/mol. The molecule has 0 aromatic carbocycles. The molecular formula is C17H32N2O2. The molecule has 21 heavy (non-hydrogen) atoms. The standard InChI is InChI=1S/C17H32N2O2/c1-13-8-7-11-19(16(13)12-18)17(20)14(2)21-15-9-5-3-4-6-10-15/h13-16H,3-12,18H2,1-2H3/t13-,14+,16-/m1/s1. The molecule has 4 heteroatoms. The Morgan fingerprint density at radius 1 is 1.19 bits per heavy atom. The summed E-state index contributed by atoms with van der Waals surface area (Å²) >= 11 is 0. The van der Waals surface area contributed by atoms with E-state index in [2.05, 4.69) is 6.92 Å². The quantitative estimate of drug-likeness (QED) is 0.812. The smallest absolute Gasteiger partial charge is 0.251 e. The molecule has 1 heterocycles. The number of rotatable bonds is 4. The number of amides is 1. The maximum atomic E-state index is 12.7. The first-order valence-corrected chi connectivity index (χ1v) is 8.79. The Bertz CT molecular complexity index is 327. The van der Waals surface area contributed by atoms with Gasteiger partial charge in [0.05, 0.1) is 6.10 Å². The van der Waals surface area contributed by atoms with Crippen LogP contribution in [0.3, 0.4) is 0 Å². The van der Waals surface area contributed by atoms with Gasteiger partial charge in [-0.1, -0.05) is 32.6 Å². The molecule has 1 aliphatic heterocycles. The van der Waals surface area contributed by atoms with Crippen molar-refractivity contribution in [3.63, 3.8) is 0 Å². The lowest BCUT2D eigenvalue weighted by Crippen LogP contribution is -2.54. The van der Waals surface area contributed by atoms with Crippen LogP contribution in [0.1, 0.15) is 65.2 Å². The number of carbonyl (C=O) groups excluding carboxylic acids is 1. The summed E-state index contributed by atoms with van der Waals surface area (Å²) in [5, 5.41) is 0. The molecule has 0 aromatic heterocycles. The van der Waals surface area contributed by atoms with E-state index in [-0.39, 0.29) is 24.2 Å². The second kappa shape index (κ2) is 8.14. The molecule has 2 fully saturated rings. The van der Waals surface area contributed by atoms with Crippen molar-refractivity contribution in [2.45, 2.75) is 83.5 Å². The van der Waals surface area contributed by atoms with Crippen molar-refractivity contribution in [2.24, 2.45) is 11.7 Å². The Labute approximate surface area is 129 Å². The molecule has 2 rings (SSSR count). The molecule has 0 aromatic rings. The average molecular weight is 296 g/mol. The summed E-state index contributed by atoms with van der Waals surface area (Å²) in [6, 6.07) is 0.187. The van der Waals surface area contributed by atoms with E-state index in [0.717, 1.165) is 25.8 Å². The molecule has 2 N–H and O–H groups in total. The Balaban J connectivity index is 1.90. The highest BCUT2D eigenvalue weighted by molar-refractivity contribution is 5.81. The van der Waals surface area contributed by atoms with E-state index in [1.165, 1.54) is 32.1 Å². The van der Waals surface area contributed by atoms with E-state index in [4.69, 9.17) is 10.5 Å². The number of likely N-dealkylation sites (tertiary alicyclic amines) is 1. The Morgan fingerprint density at radius 2 is 1.86 bits per heavy atom. The average Bonchev–Trinajstić information content (AvgIpc) is 2.74. The van der Waals surface area contributed by atoms with Crippen molar-refractivity contribution < 1.29 is 9.53 Å². The number of ether oxygens (including phenoxy) is 1. The monoisotopic (exact) mass is 296 g/mol. The van der Waals surface area contributed by atoms with Crippen molar-refractivity contribution in [1.29, 1.82) is 0 Å². The van der Waals surface area contributed by atoms with Crippen LogP contribution in [0.4, 0.5) is 0 Å². The Kier molecular flexibility index (Phi) is 6.49. The predicted molar refractivity (Wildman–Crippen MR) is 85.0 cm³/mol. The van der Waals surface area contributed by atoms with E-state index in [1.807, 2.05) is 11.8 Å². The van der Waals surface area contributed by atoms with E-state index < -0.39 is 0 Å². The molecule has 1 amide bonds. The summed E-state index contributed by atoms with van der Waals surface area (Å²) in [6.07, 6.45) is 9.49. The summed E-state index contributed by atoms with van der Waals surface area (Å²) < 4.78 is 6.08. The highest BCUT2D eigenvalue weighted by atomic mass is 16.5. The maximum Gasteiger partial charge on any atom is 0.251 e. The van der Waals surface area contributed by atoms with Gasteiger partial charge in [0.25, 0.3) is 5.91 Å². The summed E-state index contributed by atoms with van der Waals surface area (Å²) in [5.41, 5.74) is 5.89. The third kappa shape index (κ3) is 4.43. The van der Waals surface area contributed by atoms with Gasteiger partial charge in [0.2, 0.25) is 0 Å². The van der Waals surface area contributed by atoms with E-state index in [0.29, 0.717) is 12.5 Å². The second-order valence-electron chi connectivity index (χ2n) is 6.85. The predicted octanol–water partition coefficient (Wildman–Crippen LogP) is 2.70. The fourth-order valence-electron chi connectivity index (χ4n) is 3.84. The molecule has 0 bridgehead atoms. The molecule has 1 aliphatic carbocycles. The van der Waals surface area contributed by atoms with Gasteiger partial charge < -0.3 is 15.4 Å². The van der Waals surface area contributed by atoms with Crippen LogP contribution in [-0.2, 0) is 9.53 Å². The lowest BCUT2D eigenvalue weighted by atomic mass is 9.90. The molecule has 0 spiro atoms. The first kappa shape index (κ1) is 16.8. The van der Waals surface area contributed by atoms with Crippen molar-refractivity contribution in [2.75, 3.05) is 13.1 Å². The van der Waals surface area contributed by atoms with Crippen LogP contribution in [0, 0.1) is 5.92 Å². The van der Waals surface area contributed by atoms with Gasteiger partial charge in [-0.3, -0.25) is 4.79 Å². The Morgan fingerprint density at radius 3 is 2.48 bits per heavy atom. The zero-order chi connectivity index (χ0) is 15.2.